The maximum absolute atomic E-state index is 12.9. The molecule has 0 bridgehead atoms. The third-order valence-electron chi connectivity index (χ3n) is 5.13. The molecule has 1 unspecified atom stereocenters. The summed E-state index contributed by atoms with van der Waals surface area (Å²) >= 11 is 3.54. The first-order valence-corrected chi connectivity index (χ1v) is 9.94. The fourth-order valence-corrected chi connectivity index (χ4v) is 3.84. The average molecular weight is 419 g/mol. The predicted molar refractivity (Wildman–Crippen MR) is 107 cm³/mol. The minimum atomic E-state index is -0.275. The lowest BCUT2D eigenvalue weighted by Crippen LogP contribution is -2.50. The second-order valence-corrected chi connectivity index (χ2v) is 7.99. The molecule has 1 atom stereocenters. The highest BCUT2D eigenvalue weighted by molar-refractivity contribution is 9.10. The van der Waals surface area contributed by atoms with Crippen LogP contribution >= 0.6 is 15.9 Å². The third-order valence-corrected chi connectivity index (χ3v) is 6.28. The zero-order valence-electron chi connectivity index (χ0n) is 16.0. The first-order chi connectivity index (χ1) is 12.4. The number of carbonyl (C=O) groups is 1. The summed E-state index contributed by atoms with van der Waals surface area (Å²) in [4.78, 5) is 17.3. The molecule has 0 radical (unpaired) electrons. The van der Waals surface area contributed by atoms with E-state index in [9.17, 15) is 4.79 Å². The fourth-order valence-electron chi connectivity index (χ4n) is 3.58. The van der Waals surface area contributed by atoms with Crippen LogP contribution in [0.4, 0.5) is 0 Å². The Hall–Kier alpha value is -1.66. The Bertz CT molecular complexity index is 793. The van der Waals surface area contributed by atoms with Gasteiger partial charge in [-0.1, -0.05) is 29.8 Å². The number of hydrogen-bond acceptors (Lipinski definition) is 3. The molecular formula is C20H27BrN4O. The molecule has 1 fully saturated rings. The summed E-state index contributed by atoms with van der Waals surface area (Å²) in [6.07, 6.45) is 0. The molecule has 0 spiro atoms. The molecule has 26 heavy (non-hydrogen) atoms. The summed E-state index contributed by atoms with van der Waals surface area (Å²) in [5.74, 6) is 0.151. The van der Waals surface area contributed by atoms with Crippen molar-refractivity contribution in [3.05, 3.63) is 51.3 Å². The molecule has 1 aliphatic heterocycles. The summed E-state index contributed by atoms with van der Waals surface area (Å²) < 4.78 is 2.82. The van der Waals surface area contributed by atoms with Gasteiger partial charge in [-0.3, -0.25) is 14.4 Å². The van der Waals surface area contributed by atoms with Crippen molar-refractivity contribution in [1.82, 2.24) is 19.6 Å². The lowest BCUT2D eigenvalue weighted by Gasteiger charge is -2.36. The van der Waals surface area contributed by atoms with Crippen LogP contribution < -0.4 is 0 Å². The first kappa shape index (κ1) is 19.1. The molecule has 0 N–H and O–H groups in total. The van der Waals surface area contributed by atoms with Crippen LogP contribution in [0.3, 0.4) is 0 Å². The number of aryl methyl sites for hydroxylation is 2. The number of halogens is 1. The number of rotatable bonds is 4. The first-order valence-electron chi connectivity index (χ1n) is 9.14. The van der Waals surface area contributed by atoms with Gasteiger partial charge in [0.2, 0.25) is 5.91 Å². The Kier molecular flexibility index (Phi) is 5.82. The number of benzene rings is 1. The largest absolute Gasteiger partial charge is 0.338 e. The van der Waals surface area contributed by atoms with Crippen LogP contribution in [0, 0.1) is 20.8 Å². The molecule has 0 aliphatic carbocycles. The van der Waals surface area contributed by atoms with Crippen LogP contribution in [0.5, 0.6) is 0 Å². The maximum atomic E-state index is 12.9. The molecule has 0 saturated carbocycles. The lowest BCUT2D eigenvalue weighted by atomic mass is 10.1. The molecule has 1 amide bonds. The predicted octanol–water partition coefficient (Wildman–Crippen LogP) is 3.48. The van der Waals surface area contributed by atoms with Crippen molar-refractivity contribution in [1.29, 1.82) is 0 Å². The second kappa shape index (κ2) is 7.92. The van der Waals surface area contributed by atoms with Gasteiger partial charge in [-0.25, -0.2) is 0 Å². The molecule has 3 rings (SSSR count). The number of nitrogens with zero attached hydrogens (tertiary/aromatic N) is 4. The molecule has 6 heteroatoms. The van der Waals surface area contributed by atoms with Gasteiger partial charge in [0.05, 0.1) is 15.9 Å². The quantitative estimate of drug-likeness (QED) is 0.762. The highest BCUT2D eigenvalue weighted by Crippen LogP contribution is 2.24. The minimum absolute atomic E-state index is 0.151. The smallest absolute Gasteiger partial charge is 0.247 e. The minimum Gasteiger partial charge on any atom is -0.338 e. The number of piperazine rings is 1. The van der Waals surface area contributed by atoms with E-state index >= 15 is 0 Å². The van der Waals surface area contributed by atoms with Crippen LogP contribution in [-0.4, -0.2) is 51.7 Å². The van der Waals surface area contributed by atoms with Crippen molar-refractivity contribution in [2.45, 2.75) is 40.3 Å². The van der Waals surface area contributed by atoms with Crippen LogP contribution in [0.1, 0.15) is 35.5 Å². The normalized spacial score (nSPS) is 16.7. The van der Waals surface area contributed by atoms with Crippen molar-refractivity contribution in [2.24, 2.45) is 0 Å². The molecular weight excluding hydrogens is 392 g/mol. The number of carbonyl (C=O) groups excluding carboxylic acids is 1. The molecule has 1 aliphatic rings. The third kappa shape index (κ3) is 4.01. The van der Waals surface area contributed by atoms with Gasteiger partial charge in [-0.05, 0) is 49.2 Å². The molecule has 1 saturated heterocycles. The summed E-state index contributed by atoms with van der Waals surface area (Å²) in [5.41, 5.74) is 4.55. The van der Waals surface area contributed by atoms with Gasteiger partial charge in [0.1, 0.15) is 6.04 Å². The number of amides is 1. The standard InChI is InChI=1S/C20H27BrN4O/c1-14-6-5-7-18(12-14)13-23-8-10-24(11-9-23)20(26)17(4)25-16(3)19(21)15(2)22-25/h5-7,12,17H,8-11,13H2,1-4H3. The van der Waals surface area contributed by atoms with Gasteiger partial charge in [0.25, 0.3) is 0 Å². The SMILES string of the molecule is Cc1cccc(CN2CCN(C(=O)C(C)n3nc(C)c(Br)c3C)CC2)c1. The monoisotopic (exact) mass is 418 g/mol. The van der Waals surface area contributed by atoms with Gasteiger partial charge in [-0.2, -0.15) is 5.10 Å². The van der Waals surface area contributed by atoms with Crippen molar-refractivity contribution >= 4 is 21.8 Å². The Labute approximate surface area is 164 Å². The van der Waals surface area contributed by atoms with E-state index in [-0.39, 0.29) is 11.9 Å². The summed E-state index contributed by atoms with van der Waals surface area (Å²) in [6, 6.07) is 8.37. The molecule has 2 heterocycles. The van der Waals surface area contributed by atoms with Crippen LogP contribution in [-0.2, 0) is 11.3 Å². The van der Waals surface area contributed by atoms with Crippen molar-refractivity contribution in [2.75, 3.05) is 26.2 Å². The van der Waals surface area contributed by atoms with Crippen molar-refractivity contribution < 1.29 is 4.79 Å². The van der Waals surface area contributed by atoms with Crippen molar-refractivity contribution in [3.63, 3.8) is 0 Å². The van der Waals surface area contributed by atoms with Gasteiger partial charge in [-0.15, -0.1) is 0 Å². The topological polar surface area (TPSA) is 41.4 Å². The van der Waals surface area contributed by atoms with Crippen LogP contribution in [0.15, 0.2) is 28.7 Å². The van der Waals surface area contributed by atoms with E-state index < -0.39 is 0 Å². The molecule has 5 nitrogen and oxygen atoms in total. The van der Waals surface area contributed by atoms with E-state index in [1.165, 1.54) is 11.1 Å². The van der Waals surface area contributed by atoms with Gasteiger partial charge >= 0.3 is 0 Å². The highest BCUT2D eigenvalue weighted by Gasteiger charge is 2.27. The molecule has 1 aromatic carbocycles. The van der Waals surface area contributed by atoms with Crippen molar-refractivity contribution in [3.8, 4) is 0 Å². The number of hydrogen-bond donors (Lipinski definition) is 0. The Morgan fingerprint density at radius 3 is 2.46 bits per heavy atom. The lowest BCUT2D eigenvalue weighted by molar-refractivity contribution is -0.136. The Balaban J connectivity index is 1.58. The number of aromatic nitrogens is 2. The molecule has 2 aromatic rings. The molecule has 1 aromatic heterocycles. The Morgan fingerprint density at radius 1 is 1.19 bits per heavy atom. The van der Waals surface area contributed by atoms with Crippen LogP contribution in [0.2, 0.25) is 0 Å². The van der Waals surface area contributed by atoms with E-state index in [0.29, 0.717) is 0 Å². The van der Waals surface area contributed by atoms with Gasteiger partial charge in [0.15, 0.2) is 0 Å². The average Bonchev–Trinajstić information content (AvgIpc) is 2.88. The fraction of sp³-hybridized carbons (Fsp3) is 0.500. The van der Waals surface area contributed by atoms with E-state index in [1.54, 1.807) is 0 Å². The zero-order chi connectivity index (χ0) is 18.8. The highest BCUT2D eigenvalue weighted by atomic mass is 79.9. The van der Waals surface area contributed by atoms with Gasteiger partial charge in [0, 0.05) is 32.7 Å². The van der Waals surface area contributed by atoms with E-state index in [2.05, 4.69) is 57.1 Å². The van der Waals surface area contributed by atoms with E-state index in [4.69, 9.17) is 0 Å². The van der Waals surface area contributed by atoms with E-state index in [0.717, 1.165) is 48.6 Å². The van der Waals surface area contributed by atoms with E-state index in [1.807, 2.05) is 30.4 Å². The zero-order valence-corrected chi connectivity index (χ0v) is 17.6. The summed E-state index contributed by atoms with van der Waals surface area (Å²) in [6.45, 7) is 12.3. The maximum Gasteiger partial charge on any atom is 0.247 e. The van der Waals surface area contributed by atoms with Gasteiger partial charge < -0.3 is 4.90 Å². The van der Waals surface area contributed by atoms with Crippen LogP contribution in [0.25, 0.3) is 0 Å². The summed E-state index contributed by atoms with van der Waals surface area (Å²) in [7, 11) is 0. The summed E-state index contributed by atoms with van der Waals surface area (Å²) in [5, 5.41) is 4.52. The molecule has 140 valence electrons. The second-order valence-electron chi connectivity index (χ2n) is 7.20. The Morgan fingerprint density at radius 2 is 1.88 bits per heavy atom.